The van der Waals surface area contributed by atoms with Crippen molar-refractivity contribution in [3.63, 3.8) is 0 Å². The summed E-state index contributed by atoms with van der Waals surface area (Å²) in [7, 11) is 0. The SMILES string of the molecule is CC(C)c1ccc(NC(=O)CSc2cc(C(=O)NC3CC3)c3ccccc3n2)cc1. The molecule has 154 valence electrons. The lowest BCUT2D eigenvalue weighted by molar-refractivity contribution is -0.113. The van der Waals surface area contributed by atoms with E-state index in [9.17, 15) is 9.59 Å². The monoisotopic (exact) mass is 419 g/mol. The number of benzene rings is 2. The second kappa shape index (κ2) is 8.88. The van der Waals surface area contributed by atoms with Crippen LogP contribution in [0.3, 0.4) is 0 Å². The highest BCUT2D eigenvalue weighted by Crippen LogP contribution is 2.26. The summed E-state index contributed by atoms with van der Waals surface area (Å²) in [4.78, 5) is 29.7. The minimum absolute atomic E-state index is 0.0763. The fraction of sp³-hybridized carbons (Fsp3) is 0.292. The van der Waals surface area contributed by atoms with Gasteiger partial charge in [0.1, 0.15) is 0 Å². The van der Waals surface area contributed by atoms with Gasteiger partial charge in [0.25, 0.3) is 5.91 Å². The van der Waals surface area contributed by atoms with Gasteiger partial charge in [-0.15, -0.1) is 0 Å². The summed E-state index contributed by atoms with van der Waals surface area (Å²) in [6, 6.07) is 17.6. The van der Waals surface area contributed by atoms with Crippen molar-refractivity contribution in [2.45, 2.75) is 43.7 Å². The van der Waals surface area contributed by atoms with Crippen LogP contribution in [-0.4, -0.2) is 28.6 Å². The van der Waals surface area contributed by atoms with E-state index in [-0.39, 0.29) is 23.6 Å². The maximum Gasteiger partial charge on any atom is 0.252 e. The normalized spacial score (nSPS) is 13.4. The van der Waals surface area contributed by atoms with Crippen LogP contribution in [0.25, 0.3) is 10.9 Å². The Morgan fingerprint density at radius 3 is 2.53 bits per heavy atom. The molecule has 2 amide bonds. The molecule has 1 aromatic heterocycles. The van der Waals surface area contributed by atoms with Crippen molar-refractivity contribution in [2.75, 3.05) is 11.1 Å². The summed E-state index contributed by atoms with van der Waals surface area (Å²) in [5.74, 6) is 0.500. The van der Waals surface area contributed by atoms with Crippen molar-refractivity contribution in [2.24, 2.45) is 0 Å². The zero-order chi connectivity index (χ0) is 21.1. The fourth-order valence-corrected chi connectivity index (χ4v) is 3.91. The number of hydrogen-bond acceptors (Lipinski definition) is 4. The van der Waals surface area contributed by atoms with E-state index < -0.39 is 0 Å². The van der Waals surface area contributed by atoms with Crippen LogP contribution in [0, 0.1) is 0 Å². The number of fused-ring (bicyclic) bond motifs is 1. The molecule has 1 saturated carbocycles. The molecule has 0 aliphatic heterocycles. The summed E-state index contributed by atoms with van der Waals surface area (Å²) in [6.45, 7) is 4.28. The Labute approximate surface area is 180 Å². The molecule has 2 aromatic carbocycles. The van der Waals surface area contributed by atoms with Gasteiger partial charge in [0, 0.05) is 17.1 Å². The molecule has 1 aliphatic rings. The predicted molar refractivity (Wildman–Crippen MR) is 122 cm³/mol. The Hall–Kier alpha value is -2.86. The van der Waals surface area contributed by atoms with Gasteiger partial charge in [-0.3, -0.25) is 9.59 Å². The fourth-order valence-electron chi connectivity index (χ4n) is 3.19. The molecular weight excluding hydrogens is 394 g/mol. The van der Waals surface area contributed by atoms with E-state index in [1.165, 1.54) is 17.3 Å². The van der Waals surface area contributed by atoms with Gasteiger partial charge in [0.15, 0.2) is 0 Å². The Morgan fingerprint density at radius 1 is 1.10 bits per heavy atom. The van der Waals surface area contributed by atoms with Crippen molar-refractivity contribution in [1.82, 2.24) is 10.3 Å². The Kier molecular flexibility index (Phi) is 6.04. The van der Waals surface area contributed by atoms with Gasteiger partial charge in [0.05, 0.1) is 21.9 Å². The maximum atomic E-state index is 12.7. The first kappa shape index (κ1) is 20.4. The van der Waals surface area contributed by atoms with Gasteiger partial charge >= 0.3 is 0 Å². The third-order valence-electron chi connectivity index (χ3n) is 5.06. The van der Waals surface area contributed by atoms with Crippen molar-refractivity contribution in [3.8, 4) is 0 Å². The number of nitrogens with one attached hydrogen (secondary N) is 2. The van der Waals surface area contributed by atoms with E-state index in [4.69, 9.17) is 0 Å². The van der Waals surface area contributed by atoms with E-state index in [0.717, 1.165) is 29.4 Å². The standard InChI is InChI=1S/C24H25N3O2S/c1-15(2)16-7-9-17(10-8-16)25-22(28)14-30-23-13-20(24(29)26-18-11-12-18)19-5-3-4-6-21(19)27-23/h3-10,13,15,18H,11-12,14H2,1-2H3,(H,25,28)(H,26,29). The molecule has 0 saturated heterocycles. The van der Waals surface area contributed by atoms with Crippen molar-refractivity contribution in [1.29, 1.82) is 0 Å². The van der Waals surface area contributed by atoms with E-state index in [1.807, 2.05) is 48.5 Å². The lowest BCUT2D eigenvalue weighted by Crippen LogP contribution is -2.25. The number of para-hydroxylation sites is 1. The van der Waals surface area contributed by atoms with Crippen LogP contribution in [0.4, 0.5) is 5.69 Å². The Bertz CT molecular complexity index is 1080. The number of thioether (sulfide) groups is 1. The molecule has 0 radical (unpaired) electrons. The van der Waals surface area contributed by atoms with Gasteiger partial charge in [-0.1, -0.05) is 55.9 Å². The first-order valence-corrected chi connectivity index (χ1v) is 11.2. The second-order valence-corrected chi connectivity index (χ2v) is 8.88. The number of anilines is 1. The van der Waals surface area contributed by atoms with Crippen molar-refractivity contribution in [3.05, 3.63) is 65.7 Å². The molecule has 0 spiro atoms. The maximum absolute atomic E-state index is 12.7. The van der Waals surface area contributed by atoms with Gasteiger partial charge in [-0.05, 0) is 48.6 Å². The Morgan fingerprint density at radius 2 is 1.83 bits per heavy atom. The minimum atomic E-state index is -0.101. The number of carbonyl (C=O) groups is 2. The zero-order valence-electron chi connectivity index (χ0n) is 17.1. The van der Waals surface area contributed by atoms with Crippen LogP contribution < -0.4 is 10.6 Å². The third-order valence-corrected chi connectivity index (χ3v) is 5.97. The van der Waals surface area contributed by atoms with Crippen LogP contribution in [0.2, 0.25) is 0 Å². The van der Waals surface area contributed by atoms with Gasteiger partial charge in [-0.2, -0.15) is 0 Å². The van der Waals surface area contributed by atoms with E-state index in [2.05, 4.69) is 29.5 Å². The average molecular weight is 420 g/mol. The summed E-state index contributed by atoms with van der Waals surface area (Å²) >= 11 is 1.33. The number of hydrogen-bond donors (Lipinski definition) is 2. The van der Waals surface area contributed by atoms with Crippen LogP contribution in [0.1, 0.15) is 48.5 Å². The van der Waals surface area contributed by atoms with E-state index in [0.29, 0.717) is 16.5 Å². The van der Waals surface area contributed by atoms with Crippen LogP contribution in [-0.2, 0) is 4.79 Å². The highest BCUT2D eigenvalue weighted by molar-refractivity contribution is 7.99. The van der Waals surface area contributed by atoms with Crippen LogP contribution >= 0.6 is 11.8 Å². The smallest absolute Gasteiger partial charge is 0.252 e. The molecule has 6 heteroatoms. The van der Waals surface area contributed by atoms with E-state index >= 15 is 0 Å². The van der Waals surface area contributed by atoms with E-state index in [1.54, 1.807) is 6.07 Å². The number of nitrogens with zero attached hydrogens (tertiary/aromatic N) is 1. The molecule has 3 aromatic rings. The molecule has 2 N–H and O–H groups in total. The number of carbonyl (C=O) groups excluding carboxylic acids is 2. The van der Waals surface area contributed by atoms with Crippen molar-refractivity contribution < 1.29 is 9.59 Å². The predicted octanol–water partition coefficient (Wildman–Crippen LogP) is 4.98. The summed E-state index contributed by atoms with van der Waals surface area (Å²) in [5, 5.41) is 7.46. The molecule has 0 atom stereocenters. The summed E-state index contributed by atoms with van der Waals surface area (Å²) in [6.07, 6.45) is 2.07. The molecular formula is C24H25N3O2S. The highest BCUT2D eigenvalue weighted by atomic mass is 32.2. The lowest BCUT2D eigenvalue weighted by Gasteiger charge is -2.10. The van der Waals surface area contributed by atoms with Gasteiger partial charge in [0.2, 0.25) is 5.91 Å². The topological polar surface area (TPSA) is 71.1 Å². The molecule has 30 heavy (non-hydrogen) atoms. The quantitative estimate of drug-likeness (QED) is 0.530. The van der Waals surface area contributed by atoms with Gasteiger partial charge < -0.3 is 10.6 Å². The molecule has 1 heterocycles. The minimum Gasteiger partial charge on any atom is -0.349 e. The molecule has 0 bridgehead atoms. The van der Waals surface area contributed by atoms with Gasteiger partial charge in [-0.25, -0.2) is 4.98 Å². The van der Waals surface area contributed by atoms with Crippen LogP contribution in [0.5, 0.6) is 0 Å². The number of rotatable bonds is 7. The summed E-state index contributed by atoms with van der Waals surface area (Å²) < 4.78 is 0. The number of pyridine rings is 1. The average Bonchev–Trinajstić information content (AvgIpc) is 3.56. The molecule has 4 rings (SSSR count). The first-order valence-electron chi connectivity index (χ1n) is 10.2. The zero-order valence-corrected chi connectivity index (χ0v) is 18.0. The Balaban J connectivity index is 1.45. The number of amides is 2. The largest absolute Gasteiger partial charge is 0.349 e. The van der Waals surface area contributed by atoms with Crippen molar-refractivity contribution >= 4 is 40.2 Å². The second-order valence-electron chi connectivity index (χ2n) is 7.89. The molecule has 1 aliphatic carbocycles. The van der Waals surface area contributed by atoms with Crippen LogP contribution in [0.15, 0.2) is 59.6 Å². The highest BCUT2D eigenvalue weighted by Gasteiger charge is 2.25. The molecule has 1 fully saturated rings. The molecule has 0 unspecified atom stereocenters. The lowest BCUT2D eigenvalue weighted by atomic mass is 10.0. The third kappa shape index (κ3) is 5.00. The molecule has 5 nitrogen and oxygen atoms in total. The number of aromatic nitrogens is 1. The summed E-state index contributed by atoms with van der Waals surface area (Å²) in [5.41, 5.74) is 3.38. The first-order chi connectivity index (χ1) is 14.5.